The SMILES string of the molecule is Brc1ccc(Br)c(N2CCC(NC3CC3)C2)c1. The predicted octanol–water partition coefficient (Wildman–Crippen LogP) is 3.54. The van der Waals surface area contributed by atoms with Crippen molar-refractivity contribution in [3.63, 3.8) is 0 Å². The van der Waals surface area contributed by atoms with Gasteiger partial charge in [0.05, 0.1) is 5.69 Å². The van der Waals surface area contributed by atoms with Crippen molar-refractivity contribution in [3.05, 3.63) is 27.1 Å². The van der Waals surface area contributed by atoms with Crippen LogP contribution < -0.4 is 10.2 Å². The Balaban J connectivity index is 1.69. The van der Waals surface area contributed by atoms with E-state index in [0.717, 1.165) is 23.6 Å². The molecule has 1 aliphatic heterocycles. The second kappa shape index (κ2) is 4.90. The summed E-state index contributed by atoms with van der Waals surface area (Å²) < 4.78 is 2.34. The zero-order valence-corrected chi connectivity index (χ0v) is 12.8. The van der Waals surface area contributed by atoms with E-state index in [9.17, 15) is 0 Å². The van der Waals surface area contributed by atoms with E-state index in [0.29, 0.717) is 6.04 Å². The Labute approximate surface area is 119 Å². The van der Waals surface area contributed by atoms with Crippen molar-refractivity contribution in [1.29, 1.82) is 0 Å². The van der Waals surface area contributed by atoms with Crippen LogP contribution in [0.15, 0.2) is 27.1 Å². The van der Waals surface area contributed by atoms with Crippen molar-refractivity contribution in [2.45, 2.75) is 31.3 Å². The number of halogens is 2. The Bertz CT molecular complexity index is 418. The van der Waals surface area contributed by atoms with Crippen LogP contribution in [-0.2, 0) is 0 Å². The van der Waals surface area contributed by atoms with Crippen molar-refractivity contribution >= 4 is 37.5 Å². The maximum absolute atomic E-state index is 3.72. The summed E-state index contributed by atoms with van der Waals surface area (Å²) in [5.41, 5.74) is 1.31. The molecule has 2 aliphatic rings. The third kappa shape index (κ3) is 2.85. The van der Waals surface area contributed by atoms with E-state index in [4.69, 9.17) is 0 Å². The molecule has 1 aromatic carbocycles. The predicted molar refractivity (Wildman–Crippen MR) is 78.6 cm³/mol. The van der Waals surface area contributed by atoms with Crippen LogP contribution in [0, 0.1) is 0 Å². The first-order valence-corrected chi connectivity index (χ1v) is 7.77. The smallest absolute Gasteiger partial charge is 0.0522 e. The molecule has 4 heteroatoms. The third-order valence-corrected chi connectivity index (χ3v) is 4.65. The lowest BCUT2D eigenvalue weighted by atomic mass is 10.2. The molecular weight excluding hydrogens is 344 g/mol. The second-order valence-corrected chi connectivity index (χ2v) is 6.74. The zero-order valence-electron chi connectivity index (χ0n) is 9.63. The Hall–Kier alpha value is -0.0600. The molecule has 1 saturated carbocycles. The summed E-state index contributed by atoms with van der Waals surface area (Å²) in [4.78, 5) is 2.47. The summed E-state index contributed by atoms with van der Waals surface area (Å²) in [6.45, 7) is 2.28. The number of benzene rings is 1. The van der Waals surface area contributed by atoms with Crippen LogP contribution in [0.25, 0.3) is 0 Å². The molecule has 17 heavy (non-hydrogen) atoms. The molecule has 0 spiro atoms. The van der Waals surface area contributed by atoms with Gasteiger partial charge in [-0.1, -0.05) is 15.9 Å². The van der Waals surface area contributed by atoms with Crippen molar-refractivity contribution in [3.8, 4) is 0 Å². The number of nitrogens with one attached hydrogen (secondary N) is 1. The molecule has 1 aromatic rings. The monoisotopic (exact) mass is 358 g/mol. The number of rotatable bonds is 3. The Kier molecular flexibility index (Phi) is 3.46. The zero-order chi connectivity index (χ0) is 11.8. The number of hydrogen-bond acceptors (Lipinski definition) is 2. The Morgan fingerprint density at radius 1 is 1.12 bits per heavy atom. The largest absolute Gasteiger partial charge is 0.369 e. The lowest BCUT2D eigenvalue weighted by molar-refractivity contribution is 0.548. The topological polar surface area (TPSA) is 15.3 Å². The van der Waals surface area contributed by atoms with Gasteiger partial charge < -0.3 is 10.2 Å². The Morgan fingerprint density at radius 2 is 1.94 bits per heavy atom. The fourth-order valence-electron chi connectivity index (χ4n) is 2.43. The molecule has 1 heterocycles. The molecule has 1 atom stereocenters. The fraction of sp³-hybridized carbons (Fsp3) is 0.538. The lowest BCUT2D eigenvalue weighted by Crippen LogP contribution is -2.34. The highest BCUT2D eigenvalue weighted by Gasteiger charge is 2.29. The maximum Gasteiger partial charge on any atom is 0.0522 e. The second-order valence-electron chi connectivity index (χ2n) is 4.97. The standard InChI is InChI=1S/C13H16Br2N2/c14-9-1-4-12(15)13(7-9)17-6-5-11(8-17)16-10-2-3-10/h1,4,7,10-11,16H,2-3,5-6,8H2. The summed E-state index contributed by atoms with van der Waals surface area (Å²) in [5.74, 6) is 0. The maximum atomic E-state index is 3.72. The molecule has 1 N–H and O–H groups in total. The first-order chi connectivity index (χ1) is 8.22. The van der Waals surface area contributed by atoms with Crippen molar-refractivity contribution < 1.29 is 0 Å². The van der Waals surface area contributed by atoms with E-state index in [2.05, 4.69) is 60.3 Å². The van der Waals surface area contributed by atoms with Gasteiger partial charge in [0.2, 0.25) is 0 Å². The van der Waals surface area contributed by atoms with Gasteiger partial charge in [-0.3, -0.25) is 0 Å². The van der Waals surface area contributed by atoms with E-state index in [1.54, 1.807) is 0 Å². The highest BCUT2D eigenvalue weighted by molar-refractivity contribution is 9.11. The minimum absolute atomic E-state index is 0.674. The van der Waals surface area contributed by atoms with Crippen LogP contribution in [0.4, 0.5) is 5.69 Å². The van der Waals surface area contributed by atoms with Crippen LogP contribution >= 0.6 is 31.9 Å². The average Bonchev–Trinajstić information content (AvgIpc) is 2.99. The molecule has 0 radical (unpaired) electrons. The van der Waals surface area contributed by atoms with Gasteiger partial charge in [0.1, 0.15) is 0 Å². The summed E-state index contributed by atoms with van der Waals surface area (Å²) in [5, 5.41) is 3.72. The number of nitrogens with zero attached hydrogens (tertiary/aromatic N) is 1. The van der Waals surface area contributed by atoms with Gasteiger partial charge in [0.15, 0.2) is 0 Å². The Morgan fingerprint density at radius 3 is 2.71 bits per heavy atom. The fourth-order valence-corrected chi connectivity index (χ4v) is 3.27. The van der Waals surface area contributed by atoms with Crippen molar-refractivity contribution in [1.82, 2.24) is 5.32 Å². The van der Waals surface area contributed by atoms with Crippen LogP contribution in [0.5, 0.6) is 0 Å². The quantitative estimate of drug-likeness (QED) is 0.887. The molecule has 0 amide bonds. The van der Waals surface area contributed by atoms with Crippen LogP contribution in [0.1, 0.15) is 19.3 Å². The summed E-state index contributed by atoms with van der Waals surface area (Å²) in [7, 11) is 0. The minimum atomic E-state index is 0.674. The van der Waals surface area contributed by atoms with E-state index in [1.807, 2.05) is 0 Å². The summed E-state index contributed by atoms with van der Waals surface area (Å²) in [6.07, 6.45) is 4.00. The molecule has 2 nitrogen and oxygen atoms in total. The van der Waals surface area contributed by atoms with Crippen molar-refractivity contribution in [2.75, 3.05) is 18.0 Å². The van der Waals surface area contributed by atoms with Crippen molar-refractivity contribution in [2.24, 2.45) is 0 Å². The molecule has 1 saturated heterocycles. The highest BCUT2D eigenvalue weighted by Crippen LogP contribution is 2.32. The molecule has 0 bridgehead atoms. The van der Waals surface area contributed by atoms with E-state index in [-0.39, 0.29) is 0 Å². The van der Waals surface area contributed by atoms with E-state index < -0.39 is 0 Å². The van der Waals surface area contributed by atoms with Gasteiger partial charge in [-0.15, -0.1) is 0 Å². The van der Waals surface area contributed by atoms with Crippen LogP contribution in [0.2, 0.25) is 0 Å². The van der Waals surface area contributed by atoms with E-state index in [1.165, 1.54) is 29.4 Å². The average molecular weight is 360 g/mol. The minimum Gasteiger partial charge on any atom is -0.369 e. The van der Waals surface area contributed by atoms with Crippen LogP contribution in [0.3, 0.4) is 0 Å². The van der Waals surface area contributed by atoms with Crippen LogP contribution in [-0.4, -0.2) is 25.2 Å². The molecule has 1 aliphatic carbocycles. The van der Waals surface area contributed by atoms with Gasteiger partial charge in [0, 0.05) is 34.1 Å². The molecule has 0 aromatic heterocycles. The molecular formula is C13H16Br2N2. The first kappa shape index (κ1) is 12.0. The number of hydrogen-bond donors (Lipinski definition) is 1. The summed E-state index contributed by atoms with van der Waals surface area (Å²) in [6, 6.07) is 7.87. The number of anilines is 1. The van der Waals surface area contributed by atoms with Gasteiger partial charge in [-0.25, -0.2) is 0 Å². The van der Waals surface area contributed by atoms with Gasteiger partial charge in [-0.05, 0) is 53.4 Å². The molecule has 1 unspecified atom stereocenters. The van der Waals surface area contributed by atoms with Gasteiger partial charge in [-0.2, -0.15) is 0 Å². The lowest BCUT2D eigenvalue weighted by Gasteiger charge is -2.21. The molecule has 3 rings (SSSR count). The summed E-state index contributed by atoms with van der Waals surface area (Å²) >= 11 is 7.19. The van der Waals surface area contributed by atoms with Gasteiger partial charge in [0.25, 0.3) is 0 Å². The van der Waals surface area contributed by atoms with Gasteiger partial charge >= 0.3 is 0 Å². The third-order valence-electron chi connectivity index (χ3n) is 3.49. The van der Waals surface area contributed by atoms with E-state index >= 15 is 0 Å². The molecule has 92 valence electrons. The normalized spacial score (nSPS) is 24.4. The molecule has 2 fully saturated rings. The first-order valence-electron chi connectivity index (χ1n) is 6.18. The highest BCUT2D eigenvalue weighted by atomic mass is 79.9.